The fourth-order valence-corrected chi connectivity index (χ4v) is 4.35. The lowest BCUT2D eigenvalue weighted by atomic mass is 10.2. The summed E-state index contributed by atoms with van der Waals surface area (Å²) in [7, 11) is -1.42. The smallest absolute Gasteiger partial charge is 0.388 e. The molecule has 2 aromatic heterocycles. The molecule has 40 heavy (non-hydrogen) atoms. The SMILES string of the molecule is C=N/C(C[C@@H](C)S(=O)(=O)Nc1nnc(-c2cccc(OC(F)F)n2)n1-c1c(OC)cccc1OC)=N\C=C(/C)F. The van der Waals surface area contributed by atoms with E-state index >= 15 is 0 Å². The van der Waals surface area contributed by atoms with E-state index in [-0.39, 0.29) is 46.9 Å². The molecule has 0 unspecified atom stereocenters. The summed E-state index contributed by atoms with van der Waals surface area (Å²) in [4.78, 5) is 11.5. The normalized spacial score (nSPS) is 13.2. The molecule has 0 aliphatic heterocycles. The molecule has 214 valence electrons. The lowest BCUT2D eigenvalue weighted by Gasteiger charge is -2.19. The summed E-state index contributed by atoms with van der Waals surface area (Å²) in [5.74, 6) is -0.866. The first kappa shape index (κ1) is 30.1. The maximum Gasteiger partial charge on any atom is 0.388 e. The van der Waals surface area contributed by atoms with E-state index in [9.17, 15) is 21.6 Å². The van der Waals surface area contributed by atoms with Gasteiger partial charge in [-0.1, -0.05) is 12.1 Å². The van der Waals surface area contributed by atoms with Gasteiger partial charge in [0.25, 0.3) is 0 Å². The van der Waals surface area contributed by atoms with E-state index in [1.54, 1.807) is 18.2 Å². The van der Waals surface area contributed by atoms with Gasteiger partial charge in [0.15, 0.2) is 5.82 Å². The molecular formula is C24H26F3N7O5S. The molecule has 0 radical (unpaired) electrons. The molecule has 0 amide bonds. The maximum absolute atomic E-state index is 13.3. The molecule has 1 atom stereocenters. The number of nitrogens with one attached hydrogen (secondary N) is 1. The summed E-state index contributed by atoms with van der Waals surface area (Å²) in [6, 6.07) is 8.89. The molecular weight excluding hydrogens is 555 g/mol. The molecule has 0 spiro atoms. The third kappa shape index (κ3) is 7.13. The van der Waals surface area contributed by atoms with E-state index in [4.69, 9.17) is 9.47 Å². The molecule has 0 fully saturated rings. The largest absolute Gasteiger partial charge is 0.494 e. The molecule has 0 saturated carbocycles. The quantitative estimate of drug-likeness (QED) is 0.245. The summed E-state index contributed by atoms with van der Waals surface area (Å²) in [5.41, 5.74) is 0.217. The van der Waals surface area contributed by atoms with E-state index in [0.29, 0.717) is 0 Å². The first-order chi connectivity index (χ1) is 19.0. The number of allylic oxidation sites excluding steroid dienone is 1. The molecule has 3 aromatic rings. The van der Waals surface area contributed by atoms with Crippen molar-refractivity contribution >= 4 is 28.5 Å². The number of alkyl halides is 2. The lowest BCUT2D eigenvalue weighted by molar-refractivity contribution is -0.0527. The zero-order chi connectivity index (χ0) is 29.4. The van der Waals surface area contributed by atoms with Crippen molar-refractivity contribution in [2.75, 3.05) is 18.9 Å². The number of anilines is 1. The number of amidine groups is 1. The zero-order valence-corrected chi connectivity index (χ0v) is 22.7. The number of aromatic nitrogens is 4. The van der Waals surface area contributed by atoms with Gasteiger partial charge in [0.05, 0.1) is 25.7 Å². The number of aliphatic imine (C=N–C) groups is 2. The number of para-hydroxylation sites is 1. The molecule has 1 aromatic carbocycles. The Bertz CT molecular complexity index is 1500. The first-order valence-electron chi connectivity index (χ1n) is 11.5. The molecule has 0 aliphatic rings. The van der Waals surface area contributed by atoms with Gasteiger partial charge in [0.2, 0.25) is 21.9 Å². The van der Waals surface area contributed by atoms with Crippen LogP contribution in [0.25, 0.3) is 17.2 Å². The highest BCUT2D eigenvalue weighted by Crippen LogP contribution is 2.37. The summed E-state index contributed by atoms with van der Waals surface area (Å²) in [6.07, 6.45) is 0.683. The van der Waals surface area contributed by atoms with Gasteiger partial charge >= 0.3 is 6.61 Å². The highest BCUT2D eigenvalue weighted by atomic mass is 32.2. The fourth-order valence-electron chi connectivity index (χ4n) is 3.39. The zero-order valence-electron chi connectivity index (χ0n) is 21.9. The number of hydrogen-bond acceptors (Lipinski definition) is 9. The van der Waals surface area contributed by atoms with Crippen LogP contribution in [0.4, 0.5) is 19.1 Å². The van der Waals surface area contributed by atoms with Crippen LogP contribution in [0.1, 0.15) is 20.3 Å². The van der Waals surface area contributed by atoms with Crippen LogP contribution in [-0.4, -0.2) is 66.8 Å². The Labute approximate surface area is 228 Å². The topological polar surface area (TPSA) is 142 Å². The third-order valence-electron chi connectivity index (χ3n) is 5.26. The number of nitrogens with zero attached hydrogens (tertiary/aromatic N) is 6. The van der Waals surface area contributed by atoms with Crippen molar-refractivity contribution in [2.45, 2.75) is 32.1 Å². The Hall–Kier alpha value is -4.47. The first-order valence-corrected chi connectivity index (χ1v) is 13.0. The van der Waals surface area contributed by atoms with Crippen LogP contribution in [0.15, 0.2) is 58.4 Å². The van der Waals surface area contributed by atoms with Gasteiger partial charge in [-0.15, -0.1) is 10.2 Å². The Morgan fingerprint density at radius 2 is 1.80 bits per heavy atom. The average Bonchev–Trinajstić information content (AvgIpc) is 3.32. The van der Waals surface area contributed by atoms with Crippen molar-refractivity contribution in [2.24, 2.45) is 9.98 Å². The number of pyridine rings is 1. The van der Waals surface area contributed by atoms with E-state index in [1.807, 2.05) is 0 Å². The Balaban J connectivity index is 2.15. The predicted molar refractivity (Wildman–Crippen MR) is 143 cm³/mol. The van der Waals surface area contributed by atoms with Gasteiger partial charge < -0.3 is 14.2 Å². The van der Waals surface area contributed by atoms with E-state index in [0.717, 1.165) is 6.20 Å². The number of rotatable bonds is 12. The number of hydrogen-bond donors (Lipinski definition) is 1. The van der Waals surface area contributed by atoms with Crippen LogP contribution in [-0.2, 0) is 10.0 Å². The molecule has 2 heterocycles. The Kier molecular flexibility index (Phi) is 9.82. The van der Waals surface area contributed by atoms with Gasteiger partial charge in [-0.3, -0.25) is 9.29 Å². The molecule has 3 rings (SSSR count). The molecule has 0 aliphatic carbocycles. The van der Waals surface area contributed by atoms with E-state index in [2.05, 4.69) is 41.3 Å². The van der Waals surface area contributed by atoms with Crippen LogP contribution in [0.5, 0.6) is 17.4 Å². The third-order valence-corrected chi connectivity index (χ3v) is 6.95. The van der Waals surface area contributed by atoms with Gasteiger partial charge in [-0.05, 0) is 38.8 Å². The second-order valence-corrected chi connectivity index (χ2v) is 10.1. The van der Waals surface area contributed by atoms with E-state index < -0.39 is 33.6 Å². The minimum absolute atomic E-state index is 0.0107. The molecule has 16 heteroatoms. The van der Waals surface area contributed by atoms with Gasteiger partial charge in [-0.2, -0.15) is 8.78 Å². The van der Waals surface area contributed by atoms with Gasteiger partial charge in [0.1, 0.15) is 34.5 Å². The van der Waals surface area contributed by atoms with Crippen LogP contribution in [0.2, 0.25) is 0 Å². The molecule has 0 saturated heterocycles. The van der Waals surface area contributed by atoms with Crippen LogP contribution in [0.3, 0.4) is 0 Å². The minimum atomic E-state index is -4.20. The standard InChI is InChI=1S/C24H26F3N7O5S/c1-14(25)13-29-19(28-3)12-15(2)40(35,36)33-24-32-31-22(16-8-6-11-20(30-16)39-23(26)27)34(24)21-17(37-4)9-7-10-18(21)38-5/h6-11,13,15,23H,3,12H2,1-2,4-5H3,(H,32,33)/b14-13+,29-19-/t15-/m1/s1. The highest BCUT2D eigenvalue weighted by Gasteiger charge is 2.29. The summed E-state index contributed by atoms with van der Waals surface area (Å²) < 4.78 is 84.4. The van der Waals surface area contributed by atoms with Crippen molar-refractivity contribution in [1.29, 1.82) is 0 Å². The van der Waals surface area contributed by atoms with Crippen molar-refractivity contribution in [3.05, 3.63) is 48.4 Å². The van der Waals surface area contributed by atoms with Crippen LogP contribution >= 0.6 is 0 Å². The molecule has 12 nitrogen and oxygen atoms in total. The number of sulfonamides is 1. The van der Waals surface area contributed by atoms with E-state index in [1.165, 1.54) is 50.8 Å². The summed E-state index contributed by atoms with van der Waals surface area (Å²) in [6.45, 7) is 2.78. The minimum Gasteiger partial charge on any atom is -0.494 e. The second kappa shape index (κ2) is 13.1. The van der Waals surface area contributed by atoms with Gasteiger partial charge in [-0.25, -0.2) is 27.8 Å². The van der Waals surface area contributed by atoms with Crippen molar-refractivity contribution < 1.29 is 35.8 Å². The highest BCUT2D eigenvalue weighted by molar-refractivity contribution is 7.93. The Morgan fingerprint density at radius 1 is 1.15 bits per heavy atom. The van der Waals surface area contributed by atoms with Crippen molar-refractivity contribution in [1.82, 2.24) is 19.7 Å². The lowest BCUT2D eigenvalue weighted by Crippen LogP contribution is -2.28. The molecule has 0 bridgehead atoms. The summed E-state index contributed by atoms with van der Waals surface area (Å²) in [5, 5.41) is 6.93. The molecule has 1 N–H and O–H groups in total. The average molecular weight is 582 g/mol. The van der Waals surface area contributed by atoms with Gasteiger partial charge in [0, 0.05) is 12.5 Å². The maximum atomic E-state index is 13.3. The van der Waals surface area contributed by atoms with Crippen LogP contribution < -0.4 is 18.9 Å². The van der Waals surface area contributed by atoms with Crippen LogP contribution in [0, 0.1) is 0 Å². The Morgan fingerprint density at radius 3 is 2.38 bits per heavy atom. The number of methoxy groups -OCH3 is 2. The predicted octanol–water partition coefficient (Wildman–Crippen LogP) is 4.40. The van der Waals surface area contributed by atoms with Crippen molar-refractivity contribution in [3.8, 4) is 34.6 Å². The number of benzene rings is 1. The number of ether oxygens (including phenoxy) is 3. The monoisotopic (exact) mass is 581 g/mol. The summed E-state index contributed by atoms with van der Waals surface area (Å²) >= 11 is 0. The second-order valence-electron chi connectivity index (χ2n) is 8.01. The fraction of sp³-hybridized carbons (Fsp3) is 0.292. The number of halogens is 3. The van der Waals surface area contributed by atoms with Crippen molar-refractivity contribution in [3.63, 3.8) is 0 Å².